The molecule has 2 aliphatic rings. The summed E-state index contributed by atoms with van der Waals surface area (Å²) in [5.41, 5.74) is 5.54. The predicted octanol–water partition coefficient (Wildman–Crippen LogP) is 1.37. The fourth-order valence-corrected chi connectivity index (χ4v) is 2.07. The molecule has 3 nitrogen and oxygen atoms in total. The van der Waals surface area contributed by atoms with Crippen molar-refractivity contribution in [2.75, 3.05) is 13.1 Å². The molecule has 0 spiro atoms. The zero-order valence-electron chi connectivity index (χ0n) is 9.83. The first-order valence-corrected chi connectivity index (χ1v) is 6.10. The third kappa shape index (κ3) is 2.17. The summed E-state index contributed by atoms with van der Waals surface area (Å²) in [7, 11) is 0. The second-order valence-electron chi connectivity index (χ2n) is 5.48. The van der Waals surface area contributed by atoms with Crippen LogP contribution >= 0.6 is 0 Å². The van der Waals surface area contributed by atoms with E-state index in [2.05, 4.69) is 18.7 Å². The van der Waals surface area contributed by atoms with Gasteiger partial charge < -0.3 is 10.6 Å². The Bertz CT molecular complexity index is 254. The number of amides is 1. The maximum Gasteiger partial charge on any atom is 0.230 e. The molecule has 0 aromatic carbocycles. The molecule has 0 heterocycles. The third-order valence-corrected chi connectivity index (χ3v) is 3.73. The number of hydrogen-bond acceptors (Lipinski definition) is 2. The molecule has 2 N–H and O–H groups in total. The highest BCUT2D eigenvalue weighted by atomic mass is 16.2. The first-order chi connectivity index (χ1) is 7.09. The first-order valence-electron chi connectivity index (χ1n) is 6.10. The van der Waals surface area contributed by atoms with Gasteiger partial charge in [0.2, 0.25) is 5.91 Å². The Morgan fingerprint density at radius 3 is 2.40 bits per heavy atom. The molecule has 0 aliphatic heterocycles. The molecule has 2 saturated carbocycles. The van der Waals surface area contributed by atoms with Crippen LogP contribution in [0.1, 0.15) is 39.5 Å². The molecule has 2 aliphatic carbocycles. The molecule has 0 bridgehead atoms. The monoisotopic (exact) mass is 210 g/mol. The van der Waals surface area contributed by atoms with Crippen molar-refractivity contribution in [3.8, 4) is 0 Å². The van der Waals surface area contributed by atoms with Crippen molar-refractivity contribution in [1.29, 1.82) is 0 Å². The highest BCUT2D eigenvalue weighted by molar-refractivity contribution is 5.86. The van der Waals surface area contributed by atoms with Crippen molar-refractivity contribution < 1.29 is 4.79 Å². The van der Waals surface area contributed by atoms with E-state index in [0.29, 0.717) is 18.5 Å². The number of hydrogen-bond donors (Lipinski definition) is 1. The second kappa shape index (κ2) is 3.78. The van der Waals surface area contributed by atoms with Gasteiger partial charge in [-0.15, -0.1) is 0 Å². The third-order valence-electron chi connectivity index (χ3n) is 3.73. The summed E-state index contributed by atoms with van der Waals surface area (Å²) in [6.07, 6.45) is 4.59. The molecule has 86 valence electrons. The van der Waals surface area contributed by atoms with Gasteiger partial charge in [0.15, 0.2) is 0 Å². The normalized spacial score (nSPS) is 22.9. The molecular weight excluding hydrogens is 188 g/mol. The molecule has 3 heteroatoms. The van der Waals surface area contributed by atoms with Gasteiger partial charge in [0, 0.05) is 19.1 Å². The largest absolute Gasteiger partial charge is 0.339 e. The van der Waals surface area contributed by atoms with Crippen LogP contribution in [0.3, 0.4) is 0 Å². The van der Waals surface area contributed by atoms with Gasteiger partial charge in [0.25, 0.3) is 0 Å². The van der Waals surface area contributed by atoms with Crippen molar-refractivity contribution in [3.63, 3.8) is 0 Å². The second-order valence-corrected chi connectivity index (χ2v) is 5.48. The topological polar surface area (TPSA) is 46.3 Å². The van der Waals surface area contributed by atoms with Crippen LogP contribution in [0.4, 0.5) is 0 Å². The number of rotatable bonds is 5. The lowest BCUT2D eigenvalue weighted by atomic mass is 10.0. The molecular formula is C12H22N2O. The highest BCUT2D eigenvalue weighted by Gasteiger charge is 2.51. The minimum absolute atomic E-state index is 0.167. The molecule has 2 fully saturated rings. The van der Waals surface area contributed by atoms with Gasteiger partial charge in [-0.25, -0.2) is 0 Å². The van der Waals surface area contributed by atoms with Crippen molar-refractivity contribution in [2.45, 2.75) is 45.6 Å². The quantitative estimate of drug-likeness (QED) is 0.745. The molecule has 1 amide bonds. The van der Waals surface area contributed by atoms with E-state index >= 15 is 0 Å². The average molecular weight is 210 g/mol. The van der Waals surface area contributed by atoms with E-state index in [1.54, 1.807) is 0 Å². The van der Waals surface area contributed by atoms with Crippen LogP contribution < -0.4 is 5.73 Å². The molecule has 0 atom stereocenters. The standard InChI is InChI=1S/C12H22N2O/c1-9(2)14(7-10-3-4-10)11(15)12(8-13)5-6-12/h9-10H,3-8,13H2,1-2H3. The number of carbonyl (C=O) groups excluding carboxylic acids is 1. The SMILES string of the molecule is CC(C)N(CC1CC1)C(=O)C1(CN)CC1. The Labute approximate surface area is 92.0 Å². The van der Waals surface area contributed by atoms with Crippen molar-refractivity contribution in [1.82, 2.24) is 4.90 Å². The number of carbonyl (C=O) groups is 1. The van der Waals surface area contributed by atoms with Crippen LogP contribution in [0, 0.1) is 11.3 Å². The lowest BCUT2D eigenvalue weighted by Crippen LogP contribution is -2.45. The van der Waals surface area contributed by atoms with Crippen molar-refractivity contribution in [3.05, 3.63) is 0 Å². The maximum atomic E-state index is 12.3. The van der Waals surface area contributed by atoms with Gasteiger partial charge in [-0.05, 0) is 45.4 Å². The van der Waals surface area contributed by atoms with Crippen LogP contribution in [0.25, 0.3) is 0 Å². The summed E-state index contributed by atoms with van der Waals surface area (Å²) in [4.78, 5) is 14.4. The molecule has 0 aromatic rings. The summed E-state index contributed by atoms with van der Waals surface area (Å²) in [6, 6.07) is 0.321. The minimum atomic E-state index is -0.167. The Balaban J connectivity index is 1.99. The molecule has 0 radical (unpaired) electrons. The van der Waals surface area contributed by atoms with Gasteiger partial charge in [0.1, 0.15) is 0 Å². The van der Waals surface area contributed by atoms with Gasteiger partial charge >= 0.3 is 0 Å². The predicted molar refractivity (Wildman–Crippen MR) is 60.3 cm³/mol. The summed E-state index contributed by atoms with van der Waals surface area (Å²) in [5, 5.41) is 0. The molecule has 0 unspecified atom stereocenters. The summed E-state index contributed by atoms with van der Waals surface area (Å²) in [6.45, 7) is 5.69. The summed E-state index contributed by atoms with van der Waals surface area (Å²) >= 11 is 0. The van der Waals surface area contributed by atoms with E-state index in [1.165, 1.54) is 12.8 Å². The van der Waals surface area contributed by atoms with Gasteiger partial charge in [-0.3, -0.25) is 4.79 Å². The maximum absolute atomic E-state index is 12.3. The van der Waals surface area contributed by atoms with Gasteiger partial charge in [0.05, 0.1) is 5.41 Å². The van der Waals surface area contributed by atoms with E-state index in [9.17, 15) is 4.79 Å². The zero-order valence-corrected chi connectivity index (χ0v) is 9.83. The highest BCUT2D eigenvalue weighted by Crippen LogP contribution is 2.47. The smallest absolute Gasteiger partial charge is 0.230 e. The van der Waals surface area contributed by atoms with E-state index in [4.69, 9.17) is 5.73 Å². The summed E-state index contributed by atoms with van der Waals surface area (Å²) in [5.74, 6) is 1.08. The first kappa shape index (κ1) is 10.9. The van der Waals surface area contributed by atoms with Crippen LogP contribution in [-0.4, -0.2) is 29.9 Å². The van der Waals surface area contributed by atoms with Crippen LogP contribution in [0.5, 0.6) is 0 Å². The lowest BCUT2D eigenvalue weighted by Gasteiger charge is -2.30. The van der Waals surface area contributed by atoms with E-state index in [0.717, 1.165) is 25.3 Å². The molecule has 2 rings (SSSR count). The number of nitrogens with two attached hydrogens (primary N) is 1. The molecule has 15 heavy (non-hydrogen) atoms. The Morgan fingerprint density at radius 2 is 2.07 bits per heavy atom. The van der Waals surface area contributed by atoms with E-state index < -0.39 is 0 Å². The Hall–Kier alpha value is -0.570. The zero-order chi connectivity index (χ0) is 11.1. The number of nitrogens with zero attached hydrogens (tertiary/aromatic N) is 1. The fraction of sp³-hybridized carbons (Fsp3) is 0.917. The Morgan fingerprint density at radius 1 is 1.47 bits per heavy atom. The molecule has 0 saturated heterocycles. The average Bonchev–Trinajstić information content (AvgIpc) is 3.07. The fourth-order valence-electron chi connectivity index (χ4n) is 2.07. The van der Waals surface area contributed by atoms with Gasteiger partial charge in [-0.2, -0.15) is 0 Å². The van der Waals surface area contributed by atoms with Crippen LogP contribution in [0.15, 0.2) is 0 Å². The van der Waals surface area contributed by atoms with Crippen LogP contribution in [-0.2, 0) is 4.79 Å². The molecule has 0 aromatic heterocycles. The van der Waals surface area contributed by atoms with Crippen LogP contribution in [0.2, 0.25) is 0 Å². The van der Waals surface area contributed by atoms with Crippen molar-refractivity contribution in [2.24, 2.45) is 17.1 Å². The summed E-state index contributed by atoms with van der Waals surface area (Å²) < 4.78 is 0. The van der Waals surface area contributed by atoms with E-state index in [1.807, 2.05) is 0 Å². The van der Waals surface area contributed by atoms with Crippen molar-refractivity contribution >= 4 is 5.91 Å². The lowest BCUT2D eigenvalue weighted by molar-refractivity contribution is -0.138. The Kier molecular flexibility index (Phi) is 2.75. The van der Waals surface area contributed by atoms with E-state index in [-0.39, 0.29) is 5.41 Å². The minimum Gasteiger partial charge on any atom is -0.339 e. The van der Waals surface area contributed by atoms with Gasteiger partial charge in [-0.1, -0.05) is 0 Å².